The van der Waals surface area contributed by atoms with E-state index in [0.29, 0.717) is 22.5 Å². The normalized spacial score (nSPS) is 18.6. The number of anilines is 1. The van der Waals surface area contributed by atoms with Crippen molar-refractivity contribution in [2.45, 2.75) is 4.90 Å². The highest BCUT2D eigenvalue weighted by atomic mass is 32.2. The molecule has 0 radical (unpaired) electrons. The summed E-state index contributed by atoms with van der Waals surface area (Å²) in [5, 5.41) is 7.39. The molecule has 136 valence electrons. The first-order chi connectivity index (χ1) is 13.0. The third-order valence-electron chi connectivity index (χ3n) is 4.37. The smallest absolute Gasteiger partial charge is 0.275 e. The van der Waals surface area contributed by atoms with Crippen molar-refractivity contribution in [2.24, 2.45) is 5.10 Å². The van der Waals surface area contributed by atoms with Crippen molar-refractivity contribution in [3.8, 4) is 0 Å². The molecular weight excluding hydrogens is 364 g/mol. The lowest BCUT2D eigenvalue weighted by Gasteiger charge is -2.17. The number of hydrogen-bond acceptors (Lipinski definition) is 5. The zero-order chi connectivity index (χ0) is 19.0. The number of amides is 1. The largest absolute Gasteiger partial charge is 0.354 e. The average molecular weight is 380 g/mol. The predicted octanol–water partition coefficient (Wildman–Crippen LogP) is 1.82. The lowest BCUT2D eigenvalue weighted by molar-refractivity contribution is -0.116. The Balaban J connectivity index is 1.73. The standard InChI is InChI=1S/C19H16N4O3S/c1-20-27(25,26)14-9-6-13(7-10-14)18-17(19(24)23-22-18)16-11-8-12-4-2-3-5-15(12)21-16/h2-11,20-21H,1H3,(H,23,24). The van der Waals surface area contributed by atoms with E-state index in [9.17, 15) is 13.2 Å². The van der Waals surface area contributed by atoms with Crippen LogP contribution in [0, 0.1) is 0 Å². The van der Waals surface area contributed by atoms with E-state index in [-0.39, 0.29) is 10.8 Å². The predicted molar refractivity (Wildman–Crippen MR) is 103 cm³/mol. The number of fused-ring (bicyclic) bond motifs is 1. The van der Waals surface area contributed by atoms with Gasteiger partial charge in [0, 0.05) is 11.3 Å². The van der Waals surface area contributed by atoms with E-state index in [0.717, 1.165) is 11.3 Å². The lowest BCUT2D eigenvalue weighted by atomic mass is 9.98. The molecule has 1 amide bonds. The Morgan fingerprint density at radius 1 is 1.00 bits per heavy atom. The number of nitrogens with one attached hydrogen (secondary N) is 3. The highest BCUT2D eigenvalue weighted by Crippen LogP contribution is 2.28. The summed E-state index contributed by atoms with van der Waals surface area (Å²) in [6.45, 7) is 0. The van der Waals surface area contributed by atoms with Crippen LogP contribution in [0.3, 0.4) is 0 Å². The molecule has 2 aliphatic rings. The highest BCUT2D eigenvalue weighted by molar-refractivity contribution is 7.89. The Hall–Kier alpha value is -3.23. The first-order valence-corrected chi connectivity index (χ1v) is 9.69. The van der Waals surface area contributed by atoms with Gasteiger partial charge in [-0.3, -0.25) is 4.79 Å². The molecule has 0 aromatic heterocycles. The maximum absolute atomic E-state index is 12.4. The Bertz CT molecular complexity index is 1130. The van der Waals surface area contributed by atoms with Gasteiger partial charge in [-0.05, 0) is 36.9 Å². The molecule has 2 heterocycles. The van der Waals surface area contributed by atoms with E-state index in [4.69, 9.17) is 0 Å². The SMILES string of the molecule is CNS(=O)(=O)c1ccc(C2=NNC(=O)C2=C2C=Cc3ccccc3N2)cc1. The molecule has 8 heteroatoms. The quantitative estimate of drug-likeness (QED) is 0.707. The van der Waals surface area contributed by atoms with Crippen LogP contribution < -0.4 is 15.5 Å². The second-order valence-electron chi connectivity index (χ2n) is 5.97. The van der Waals surface area contributed by atoms with Crippen LogP contribution in [0.2, 0.25) is 0 Å². The van der Waals surface area contributed by atoms with Crippen LogP contribution in [0.5, 0.6) is 0 Å². The molecule has 0 spiro atoms. The van der Waals surface area contributed by atoms with E-state index < -0.39 is 10.0 Å². The van der Waals surface area contributed by atoms with Crippen LogP contribution in [0.1, 0.15) is 11.1 Å². The van der Waals surface area contributed by atoms with E-state index >= 15 is 0 Å². The molecule has 2 aliphatic heterocycles. The van der Waals surface area contributed by atoms with Gasteiger partial charge in [0.25, 0.3) is 5.91 Å². The maximum Gasteiger partial charge on any atom is 0.275 e. The summed E-state index contributed by atoms with van der Waals surface area (Å²) in [6.07, 6.45) is 3.76. The number of rotatable bonds is 3. The highest BCUT2D eigenvalue weighted by Gasteiger charge is 2.28. The topological polar surface area (TPSA) is 99.7 Å². The number of para-hydroxylation sites is 1. The Morgan fingerprint density at radius 3 is 2.48 bits per heavy atom. The van der Waals surface area contributed by atoms with Gasteiger partial charge < -0.3 is 5.32 Å². The number of sulfonamides is 1. The summed E-state index contributed by atoms with van der Waals surface area (Å²) < 4.78 is 26.0. The Labute approximate surface area is 156 Å². The van der Waals surface area contributed by atoms with Crippen LogP contribution >= 0.6 is 0 Å². The second kappa shape index (κ2) is 6.49. The van der Waals surface area contributed by atoms with Gasteiger partial charge >= 0.3 is 0 Å². The molecule has 0 saturated carbocycles. The van der Waals surface area contributed by atoms with Crippen molar-refractivity contribution in [1.29, 1.82) is 0 Å². The molecule has 27 heavy (non-hydrogen) atoms. The molecule has 0 atom stereocenters. The summed E-state index contributed by atoms with van der Waals surface area (Å²) >= 11 is 0. The van der Waals surface area contributed by atoms with Crippen LogP contribution in [-0.4, -0.2) is 27.1 Å². The van der Waals surface area contributed by atoms with Gasteiger partial charge in [-0.1, -0.05) is 36.4 Å². The average Bonchev–Trinajstić information content (AvgIpc) is 3.09. The number of carbonyl (C=O) groups excluding carboxylic acids is 1. The van der Waals surface area contributed by atoms with Crippen molar-refractivity contribution < 1.29 is 13.2 Å². The van der Waals surface area contributed by atoms with Gasteiger partial charge in [0.05, 0.1) is 16.2 Å². The van der Waals surface area contributed by atoms with Gasteiger partial charge in [-0.15, -0.1) is 0 Å². The number of hydrogen-bond donors (Lipinski definition) is 3. The first-order valence-electron chi connectivity index (χ1n) is 8.20. The monoisotopic (exact) mass is 380 g/mol. The summed E-state index contributed by atoms with van der Waals surface area (Å²) in [6, 6.07) is 14.0. The number of benzene rings is 2. The van der Waals surface area contributed by atoms with Crippen molar-refractivity contribution in [2.75, 3.05) is 12.4 Å². The third-order valence-corrected chi connectivity index (χ3v) is 5.80. The van der Waals surface area contributed by atoms with Gasteiger partial charge in [0.15, 0.2) is 0 Å². The summed E-state index contributed by atoms with van der Waals surface area (Å²) in [4.78, 5) is 12.5. The van der Waals surface area contributed by atoms with E-state index in [2.05, 4.69) is 20.6 Å². The van der Waals surface area contributed by atoms with Gasteiger partial charge in [0.1, 0.15) is 5.71 Å². The number of hydrazone groups is 1. The number of carbonyl (C=O) groups is 1. The van der Waals surface area contributed by atoms with Gasteiger partial charge in [0.2, 0.25) is 10.0 Å². The van der Waals surface area contributed by atoms with E-state index in [1.165, 1.54) is 19.2 Å². The number of allylic oxidation sites excluding steroid dienone is 1. The second-order valence-corrected chi connectivity index (χ2v) is 7.85. The summed E-state index contributed by atoms with van der Waals surface area (Å²) in [5.74, 6) is -0.316. The molecule has 0 bridgehead atoms. The van der Waals surface area contributed by atoms with Crippen LogP contribution in [-0.2, 0) is 14.8 Å². The number of nitrogens with zero attached hydrogens (tertiary/aromatic N) is 1. The van der Waals surface area contributed by atoms with Gasteiger partial charge in [-0.2, -0.15) is 5.10 Å². The first kappa shape index (κ1) is 17.2. The molecule has 0 unspecified atom stereocenters. The minimum absolute atomic E-state index is 0.144. The zero-order valence-electron chi connectivity index (χ0n) is 14.4. The minimum Gasteiger partial charge on any atom is -0.354 e. The fraction of sp³-hybridized carbons (Fsp3) is 0.0526. The molecule has 0 saturated heterocycles. The van der Waals surface area contributed by atoms with Crippen LogP contribution in [0.15, 0.2) is 75.9 Å². The van der Waals surface area contributed by atoms with Crippen molar-refractivity contribution in [1.82, 2.24) is 10.1 Å². The van der Waals surface area contributed by atoms with Crippen LogP contribution in [0.4, 0.5) is 5.69 Å². The van der Waals surface area contributed by atoms with Crippen LogP contribution in [0.25, 0.3) is 6.08 Å². The molecule has 7 nitrogen and oxygen atoms in total. The molecule has 0 aliphatic carbocycles. The molecular formula is C19H16N4O3S. The Morgan fingerprint density at radius 2 is 1.74 bits per heavy atom. The molecule has 2 aromatic carbocycles. The van der Waals surface area contributed by atoms with Crippen molar-refractivity contribution in [3.05, 3.63) is 77.0 Å². The minimum atomic E-state index is -3.52. The Kier molecular flexibility index (Phi) is 4.14. The van der Waals surface area contributed by atoms with Gasteiger partial charge in [-0.25, -0.2) is 18.6 Å². The lowest BCUT2D eigenvalue weighted by Crippen LogP contribution is -2.20. The summed E-state index contributed by atoms with van der Waals surface area (Å²) in [7, 11) is -2.17. The molecule has 0 fully saturated rings. The van der Waals surface area contributed by atoms with E-state index in [1.807, 2.05) is 36.4 Å². The molecule has 2 aromatic rings. The van der Waals surface area contributed by atoms with E-state index in [1.54, 1.807) is 12.1 Å². The molecule has 3 N–H and O–H groups in total. The van der Waals surface area contributed by atoms with Crippen molar-refractivity contribution >= 4 is 33.4 Å². The molecule has 4 rings (SSSR count). The maximum atomic E-state index is 12.4. The third kappa shape index (κ3) is 3.05. The fourth-order valence-corrected chi connectivity index (χ4v) is 3.69. The van der Waals surface area contributed by atoms with Crippen molar-refractivity contribution in [3.63, 3.8) is 0 Å². The fourth-order valence-electron chi connectivity index (χ4n) is 2.96. The zero-order valence-corrected chi connectivity index (χ0v) is 15.2. The summed E-state index contributed by atoms with van der Waals surface area (Å²) in [5.41, 5.74) is 6.55.